The molecule has 90 valence electrons. The standard InChI is InChI=1S/C9H15N3O3S/c1-7-6-15-4-3-12(7)16(13,14)9-5-10-8(2)11-9/h5,7H,3-4,6H2,1-2H3,(H,10,11). The van der Waals surface area contributed by atoms with E-state index in [1.54, 1.807) is 6.92 Å². The van der Waals surface area contributed by atoms with Crippen molar-refractivity contribution in [2.75, 3.05) is 19.8 Å². The van der Waals surface area contributed by atoms with E-state index in [0.29, 0.717) is 25.6 Å². The number of aromatic nitrogens is 2. The summed E-state index contributed by atoms with van der Waals surface area (Å²) < 4.78 is 31.1. The summed E-state index contributed by atoms with van der Waals surface area (Å²) in [5.74, 6) is 0.597. The fourth-order valence-electron chi connectivity index (χ4n) is 1.72. The Hall–Kier alpha value is -0.920. The smallest absolute Gasteiger partial charge is 0.260 e. The van der Waals surface area contributed by atoms with Crippen LogP contribution in [0, 0.1) is 6.92 Å². The van der Waals surface area contributed by atoms with Crippen molar-refractivity contribution >= 4 is 10.0 Å². The molecule has 16 heavy (non-hydrogen) atoms. The van der Waals surface area contributed by atoms with Gasteiger partial charge in [-0.3, -0.25) is 0 Å². The van der Waals surface area contributed by atoms with Crippen molar-refractivity contribution in [3.05, 3.63) is 12.0 Å². The van der Waals surface area contributed by atoms with Gasteiger partial charge in [0.1, 0.15) is 5.82 Å². The lowest BCUT2D eigenvalue weighted by Gasteiger charge is -2.31. The second-order valence-electron chi connectivity index (χ2n) is 3.87. The molecule has 7 heteroatoms. The topological polar surface area (TPSA) is 75.3 Å². The molecule has 1 atom stereocenters. The molecule has 1 unspecified atom stereocenters. The highest BCUT2D eigenvalue weighted by Gasteiger charge is 2.32. The van der Waals surface area contributed by atoms with Gasteiger partial charge in [0.05, 0.1) is 19.4 Å². The predicted octanol–water partition coefficient (Wildman–Crippen LogP) is 0.128. The Morgan fingerprint density at radius 3 is 2.94 bits per heavy atom. The largest absolute Gasteiger partial charge is 0.378 e. The van der Waals surface area contributed by atoms with E-state index in [1.807, 2.05) is 6.92 Å². The number of H-pyrrole nitrogens is 1. The maximum atomic E-state index is 12.2. The van der Waals surface area contributed by atoms with Crippen LogP contribution in [0.2, 0.25) is 0 Å². The number of nitrogens with one attached hydrogen (secondary N) is 1. The van der Waals surface area contributed by atoms with Gasteiger partial charge in [-0.15, -0.1) is 0 Å². The van der Waals surface area contributed by atoms with Crippen LogP contribution >= 0.6 is 0 Å². The van der Waals surface area contributed by atoms with Crippen molar-refractivity contribution in [1.29, 1.82) is 0 Å². The normalized spacial score (nSPS) is 23.5. The highest BCUT2D eigenvalue weighted by Crippen LogP contribution is 2.18. The maximum absolute atomic E-state index is 12.2. The molecule has 1 aliphatic rings. The minimum Gasteiger partial charge on any atom is -0.378 e. The Bertz CT molecular complexity index is 468. The summed E-state index contributed by atoms with van der Waals surface area (Å²) in [5, 5.41) is 0.152. The Kier molecular flexibility index (Phi) is 3.00. The minimum absolute atomic E-state index is 0.137. The molecule has 0 aromatic carbocycles. The zero-order valence-corrected chi connectivity index (χ0v) is 10.1. The molecule has 0 saturated carbocycles. The maximum Gasteiger partial charge on any atom is 0.260 e. The summed E-state index contributed by atoms with van der Waals surface area (Å²) in [6.45, 7) is 4.83. The van der Waals surface area contributed by atoms with Gasteiger partial charge in [-0.05, 0) is 13.8 Å². The Morgan fingerprint density at radius 1 is 1.62 bits per heavy atom. The van der Waals surface area contributed by atoms with Gasteiger partial charge < -0.3 is 9.72 Å². The summed E-state index contributed by atoms with van der Waals surface area (Å²) in [6.07, 6.45) is 1.35. The molecule has 2 rings (SSSR count). The van der Waals surface area contributed by atoms with Gasteiger partial charge in [0.25, 0.3) is 10.0 Å². The van der Waals surface area contributed by atoms with E-state index in [2.05, 4.69) is 9.97 Å². The van der Waals surface area contributed by atoms with Crippen LogP contribution in [0.5, 0.6) is 0 Å². The highest BCUT2D eigenvalue weighted by molar-refractivity contribution is 7.89. The summed E-state index contributed by atoms with van der Waals surface area (Å²) >= 11 is 0. The first kappa shape index (κ1) is 11.6. The molecule has 0 aliphatic carbocycles. The average molecular weight is 245 g/mol. The van der Waals surface area contributed by atoms with Crippen molar-refractivity contribution < 1.29 is 13.2 Å². The summed E-state index contributed by atoms with van der Waals surface area (Å²) in [4.78, 5) is 6.66. The van der Waals surface area contributed by atoms with Gasteiger partial charge in [0.15, 0.2) is 5.03 Å². The Morgan fingerprint density at radius 2 is 2.38 bits per heavy atom. The lowest BCUT2D eigenvalue weighted by atomic mass is 10.3. The molecule has 1 aromatic rings. The third-order valence-electron chi connectivity index (χ3n) is 2.57. The molecule has 1 fully saturated rings. The molecule has 0 bridgehead atoms. The Labute approximate surface area is 94.7 Å². The quantitative estimate of drug-likeness (QED) is 0.803. The van der Waals surface area contributed by atoms with E-state index in [0.717, 1.165) is 0 Å². The fraction of sp³-hybridized carbons (Fsp3) is 0.667. The van der Waals surface area contributed by atoms with Gasteiger partial charge >= 0.3 is 0 Å². The molecular weight excluding hydrogens is 230 g/mol. The van der Waals surface area contributed by atoms with E-state index in [9.17, 15) is 8.42 Å². The van der Waals surface area contributed by atoms with Crippen molar-refractivity contribution in [3.63, 3.8) is 0 Å². The van der Waals surface area contributed by atoms with Crippen LogP contribution in [0.4, 0.5) is 0 Å². The van der Waals surface area contributed by atoms with Crippen molar-refractivity contribution in [3.8, 4) is 0 Å². The summed E-state index contributed by atoms with van der Waals surface area (Å²) in [5.41, 5.74) is 0. The molecule has 1 aromatic heterocycles. The van der Waals surface area contributed by atoms with Gasteiger partial charge in [0.2, 0.25) is 0 Å². The Balaban J connectivity index is 2.31. The molecule has 1 N–H and O–H groups in total. The second-order valence-corrected chi connectivity index (χ2v) is 5.73. The molecule has 0 spiro atoms. The number of hydrogen-bond acceptors (Lipinski definition) is 4. The molecule has 1 aliphatic heterocycles. The number of morpholine rings is 1. The third kappa shape index (κ3) is 1.98. The summed E-state index contributed by atoms with van der Waals surface area (Å²) in [7, 11) is -3.46. The van der Waals surface area contributed by atoms with Crippen LogP contribution in [0.3, 0.4) is 0 Å². The molecule has 1 saturated heterocycles. The number of ether oxygens (including phenoxy) is 1. The van der Waals surface area contributed by atoms with Crippen molar-refractivity contribution in [2.24, 2.45) is 0 Å². The number of aromatic amines is 1. The van der Waals surface area contributed by atoms with Gasteiger partial charge in [-0.2, -0.15) is 4.31 Å². The minimum atomic E-state index is -3.46. The first-order valence-electron chi connectivity index (χ1n) is 5.13. The number of imidazole rings is 1. The molecule has 0 amide bonds. The number of rotatable bonds is 2. The molecule has 0 radical (unpaired) electrons. The lowest BCUT2D eigenvalue weighted by Crippen LogP contribution is -2.47. The highest BCUT2D eigenvalue weighted by atomic mass is 32.2. The second kappa shape index (κ2) is 4.15. The van der Waals surface area contributed by atoms with Crippen LogP contribution in [-0.2, 0) is 14.8 Å². The van der Waals surface area contributed by atoms with Crippen LogP contribution in [0.15, 0.2) is 11.2 Å². The van der Waals surface area contributed by atoms with Crippen LogP contribution in [0.25, 0.3) is 0 Å². The van der Waals surface area contributed by atoms with E-state index in [-0.39, 0.29) is 11.1 Å². The molecule has 6 nitrogen and oxygen atoms in total. The first-order chi connectivity index (χ1) is 7.51. The number of hydrogen-bond donors (Lipinski definition) is 1. The number of sulfonamides is 1. The van der Waals surface area contributed by atoms with E-state index < -0.39 is 10.0 Å². The number of aryl methyl sites for hydroxylation is 1. The van der Waals surface area contributed by atoms with Crippen LogP contribution < -0.4 is 0 Å². The zero-order chi connectivity index (χ0) is 11.8. The molecule has 2 heterocycles. The van der Waals surface area contributed by atoms with Gasteiger partial charge in [-0.25, -0.2) is 13.4 Å². The van der Waals surface area contributed by atoms with Crippen LogP contribution in [-0.4, -0.2) is 48.5 Å². The third-order valence-corrected chi connectivity index (χ3v) is 4.50. The van der Waals surface area contributed by atoms with Gasteiger partial charge in [0, 0.05) is 12.6 Å². The van der Waals surface area contributed by atoms with Crippen LogP contribution in [0.1, 0.15) is 12.7 Å². The monoisotopic (exact) mass is 245 g/mol. The lowest BCUT2D eigenvalue weighted by molar-refractivity contribution is 0.0391. The van der Waals surface area contributed by atoms with Gasteiger partial charge in [-0.1, -0.05) is 0 Å². The SMILES string of the molecule is Cc1ncc(S(=O)(=O)N2CCOCC2C)[nH]1. The van der Waals surface area contributed by atoms with Crippen molar-refractivity contribution in [1.82, 2.24) is 14.3 Å². The predicted molar refractivity (Wildman–Crippen MR) is 57.5 cm³/mol. The zero-order valence-electron chi connectivity index (χ0n) is 9.30. The average Bonchev–Trinajstić information content (AvgIpc) is 2.66. The van der Waals surface area contributed by atoms with E-state index in [1.165, 1.54) is 10.5 Å². The first-order valence-corrected chi connectivity index (χ1v) is 6.57. The molecular formula is C9H15N3O3S. The van der Waals surface area contributed by atoms with E-state index >= 15 is 0 Å². The fourth-order valence-corrected chi connectivity index (χ4v) is 3.29. The van der Waals surface area contributed by atoms with E-state index in [4.69, 9.17) is 4.74 Å². The number of nitrogens with zero attached hydrogens (tertiary/aromatic N) is 2. The van der Waals surface area contributed by atoms with Crippen molar-refractivity contribution in [2.45, 2.75) is 24.9 Å². The summed E-state index contributed by atoms with van der Waals surface area (Å²) in [6, 6.07) is -0.137.